The van der Waals surface area contributed by atoms with Crippen LogP contribution < -0.4 is 5.73 Å². The maximum Gasteiger partial charge on any atom is 0.0846 e. The third-order valence-corrected chi connectivity index (χ3v) is 4.65. The summed E-state index contributed by atoms with van der Waals surface area (Å²) in [7, 11) is 0. The predicted molar refractivity (Wildman–Crippen MR) is 87.7 cm³/mol. The maximum atomic E-state index is 6.22. The lowest BCUT2D eigenvalue weighted by atomic mass is 10.0. The lowest BCUT2D eigenvalue weighted by Crippen LogP contribution is -2.13. The normalized spacial score (nSPS) is 12.5. The molecule has 6 heteroatoms. The van der Waals surface area contributed by atoms with Crippen LogP contribution in [0.5, 0.6) is 0 Å². The predicted octanol–water partition coefficient (Wildman–Crippen LogP) is 2.53. The zero-order valence-corrected chi connectivity index (χ0v) is 13.3. The Kier molecular flexibility index (Phi) is 4.60. The number of nitrogens with zero attached hydrogens (tertiary/aromatic N) is 4. The van der Waals surface area contributed by atoms with Crippen LogP contribution in [-0.2, 0) is 19.4 Å². The van der Waals surface area contributed by atoms with Crippen molar-refractivity contribution in [2.45, 2.75) is 32.4 Å². The van der Waals surface area contributed by atoms with Gasteiger partial charge in [0.05, 0.1) is 16.9 Å². The summed E-state index contributed by atoms with van der Waals surface area (Å²) in [5.74, 6) is 0. The van der Waals surface area contributed by atoms with Gasteiger partial charge in [0.2, 0.25) is 0 Å². The van der Waals surface area contributed by atoms with E-state index in [-0.39, 0.29) is 6.04 Å². The fourth-order valence-electron chi connectivity index (χ4n) is 2.37. The SMILES string of the molecule is Cc1ncsc1CCn1cc(CC(N)c2ccccc2)nn1. The second kappa shape index (κ2) is 6.81. The van der Waals surface area contributed by atoms with Gasteiger partial charge in [-0.05, 0) is 12.5 Å². The third-order valence-electron chi connectivity index (χ3n) is 3.66. The van der Waals surface area contributed by atoms with Gasteiger partial charge in [0.1, 0.15) is 0 Å². The average molecular weight is 313 g/mol. The molecule has 0 saturated heterocycles. The summed E-state index contributed by atoms with van der Waals surface area (Å²) >= 11 is 1.69. The fraction of sp³-hybridized carbons (Fsp3) is 0.312. The summed E-state index contributed by atoms with van der Waals surface area (Å²) < 4.78 is 1.88. The molecule has 1 unspecified atom stereocenters. The quantitative estimate of drug-likeness (QED) is 0.759. The number of thiazole rings is 1. The van der Waals surface area contributed by atoms with Gasteiger partial charge in [-0.3, -0.25) is 4.68 Å². The molecule has 0 amide bonds. The molecule has 0 bridgehead atoms. The van der Waals surface area contributed by atoms with Crippen molar-refractivity contribution in [3.05, 3.63) is 63.9 Å². The Hall–Kier alpha value is -2.05. The summed E-state index contributed by atoms with van der Waals surface area (Å²) in [5.41, 5.74) is 11.3. The Morgan fingerprint density at radius 3 is 2.82 bits per heavy atom. The molecular formula is C16H19N5S. The van der Waals surface area contributed by atoms with Gasteiger partial charge in [0.25, 0.3) is 0 Å². The average Bonchev–Trinajstić information content (AvgIpc) is 3.15. The molecule has 0 aliphatic heterocycles. The Morgan fingerprint density at radius 2 is 2.09 bits per heavy atom. The number of aryl methyl sites for hydroxylation is 3. The number of aromatic nitrogens is 4. The van der Waals surface area contributed by atoms with Crippen LogP contribution in [0.1, 0.15) is 27.9 Å². The zero-order valence-electron chi connectivity index (χ0n) is 12.5. The van der Waals surface area contributed by atoms with E-state index in [9.17, 15) is 0 Å². The van der Waals surface area contributed by atoms with Gasteiger partial charge in [-0.2, -0.15) is 0 Å². The number of hydrogen-bond acceptors (Lipinski definition) is 5. The van der Waals surface area contributed by atoms with Crippen molar-refractivity contribution in [2.24, 2.45) is 5.73 Å². The fourth-order valence-corrected chi connectivity index (χ4v) is 3.14. The van der Waals surface area contributed by atoms with Gasteiger partial charge < -0.3 is 5.73 Å². The summed E-state index contributed by atoms with van der Waals surface area (Å²) in [6.07, 6.45) is 3.62. The van der Waals surface area contributed by atoms with E-state index in [1.165, 1.54) is 4.88 Å². The van der Waals surface area contributed by atoms with Gasteiger partial charge in [-0.15, -0.1) is 16.4 Å². The molecule has 0 fully saturated rings. The van der Waals surface area contributed by atoms with Gasteiger partial charge in [-0.1, -0.05) is 35.5 Å². The number of rotatable bonds is 6. The largest absolute Gasteiger partial charge is 0.324 e. The van der Waals surface area contributed by atoms with Crippen molar-refractivity contribution in [3.63, 3.8) is 0 Å². The molecule has 0 radical (unpaired) electrons. The van der Waals surface area contributed by atoms with Gasteiger partial charge >= 0.3 is 0 Å². The first-order valence-corrected chi connectivity index (χ1v) is 8.19. The minimum absolute atomic E-state index is 0.0462. The van der Waals surface area contributed by atoms with Crippen LogP contribution in [0, 0.1) is 6.92 Å². The van der Waals surface area contributed by atoms with E-state index >= 15 is 0 Å². The van der Waals surface area contributed by atoms with Crippen molar-refractivity contribution in [1.29, 1.82) is 0 Å². The van der Waals surface area contributed by atoms with E-state index in [0.29, 0.717) is 6.42 Å². The summed E-state index contributed by atoms with van der Waals surface area (Å²) in [5, 5.41) is 8.41. The lowest BCUT2D eigenvalue weighted by molar-refractivity contribution is 0.590. The van der Waals surface area contributed by atoms with Crippen LogP contribution in [0.25, 0.3) is 0 Å². The van der Waals surface area contributed by atoms with E-state index in [4.69, 9.17) is 5.73 Å². The van der Waals surface area contributed by atoms with Crippen molar-refractivity contribution in [2.75, 3.05) is 0 Å². The van der Waals surface area contributed by atoms with Crippen LogP contribution in [-0.4, -0.2) is 20.0 Å². The highest BCUT2D eigenvalue weighted by Gasteiger charge is 2.10. The Morgan fingerprint density at radius 1 is 1.27 bits per heavy atom. The van der Waals surface area contributed by atoms with E-state index in [1.54, 1.807) is 11.3 Å². The summed E-state index contributed by atoms with van der Waals surface area (Å²) in [6.45, 7) is 2.86. The molecule has 114 valence electrons. The molecule has 2 N–H and O–H groups in total. The first kappa shape index (κ1) is 14.9. The lowest BCUT2D eigenvalue weighted by Gasteiger charge is -2.09. The molecule has 22 heavy (non-hydrogen) atoms. The van der Waals surface area contributed by atoms with Crippen LogP contribution in [0.3, 0.4) is 0 Å². The molecule has 2 heterocycles. The number of hydrogen-bond donors (Lipinski definition) is 1. The molecule has 2 aromatic heterocycles. The minimum atomic E-state index is -0.0462. The first-order valence-electron chi connectivity index (χ1n) is 7.31. The molecule has 1 atom stereocenters. The Labute approximate surface area is 133 Å². The van der Waals surface area contributed by atoms with E-state index in [1.807, 2.05) is 53.6 Å². The molecule has 0 aliphatic rings. The van der Waals surface area contributed by atoms with E-state index in [2.05, 4.69) is 15.3 Å². The second-order valence-electron chi connectivity index (χ2n) is 5.31. The highest BCUT2D eigenvalue weighted by Crippen LogP contribution is 2.15. The Balaban J connectivity index is 1.58. The van der Waals surface area contributed by atoms with Crippen LogP contribution in [0.15, 0.2) is 42.0 Å². The van der Waals surface area contributed by atoms with Crippen molar-refractivity contribution in [1.82, 2.24) is 20.0 Å². The van der Waals surface area contributed by atoms with Crippen LogP contribution in [0.4, 0.5) is 0 Å². The van der Waals surface area contributed by atoms with Gasteiger partial charge in [0, 0.05) is 36.5 Å². The topological polar surface area (TPSA) is 69.6 Å². The van der Waals surface area contributed by atoms with Gasteiger partial charge in [-0.25, -0.2) is 4.98 Å². The zero-order chi connectivity index (χ0) is 15.4. The maximum absolute atomic E-state index is 6.22. The summed E-state index contributed by atoms with van der Waals surface area (Å²) in [4.78, 5) is 5.57. The second-order valence-corrected chi connectivity index (χ2v) is 6.24. The molecule has 0 aliphatic carbocycles. The van der Waals surface area contributed by atoms with E-state index in [0.717, 1.165) is 29.9 Å². The van der Waals surface area contributed by atoms with Crippen LogP contribution in [0.2, 0.25) is 0 Å². The molecule has 5 nitrogen and oxygen atoms in total. The minimum Gasteiger partial charge on any atom is -0.324 e. The number of nitrogens with two attached hydrogens (primary N) is 1. The molecule has 0 spiro atoms. The van der Waals surface area contributed by atoms with Crippen LogP contribution >= 0.6 is 11.3 Å². The smallest absolute Gasteiger partial charge is 0.0846 e. The monoisotopic (exact) mass is 313 g/mol. The number of benzene rings is 1. The van der Waals surface area contributed by atoms with Crippen molar-refractivity contribution < 1.29 is 0 Å². The molecular weight excluding hydrogens is 294 g/mol. The highest BCUT2D eigenvalue weighted by atomic mass is 32.1. The first-order chi connectivity index (χ1) is 10.7. The van der Waals surface area contributed by atoms with Crippen molar-refractivity contribution in [3.8, 4) is 0 Å². The summed E-state index contributed by atoms with van der Waals surface area (Å²) in [6, 6.07) is 10.0. The third kappa shape index (κ3) is 3.58. The Bertz CT molecular complexity index is 719. The molecule has 3 aromatic rings. The highest BCUT2D eigenvalue weighted by molar-refractivity contribution is 7.09. The van der Waals surface area contributed by atoms with Gasteiger partial charge in [0.15, 0.2) is 0 Å². The molecule has 3 rings (SSSR count). The molecule has 1 aromatic carbocycles. The molecule has 0 saturated carbocycles. The van der Waals surface area contributed by atoms with Crippen molar-refractivity contribution >= 4 is 11.3 Å². The standard InChI is InChI=1S/C16H19N5S/c1-12-16(22-11-18-12)7-8-21-10-14(19-20-21)9-15(17)13-5-3-2-4-6-13/h2-6,10-11,15H,7-9,17H2,1H3. The van der Waals surface area contributed by atoms with E-state index < -0.39 is 0 Å².